The minimum Gasteiger partial charge on any atom is -0.379 e. The van der Waals surface area contributed by atoms with Gasteiger partial charge in [0.15, 0.2) is 0 Å². The van der Waals surface area contributed by atoms with Crippen molar-refractivity contribution in [3.05, 3.63) is 108 Å². The number of rotatable bonds is 5. The van der Waals surface area contributed by atoms with E-state index in [-0.39, 0.29) is 12.1 Å². The molecule has 2 heteroatoms. The molecule has 2 nitrogen and oxygen atoms in total. The van der Waals surface area contributed by atoms with Gasteiger partial charge < -0.3 is 5.11 Å². The molecule has 2 bridgehead atoms. The molecule has 30 heavy (non-hydrogen) atoms. The van der Waals surface area contributed by atoms with Crippen LogP contribution in [0.1, 0.15) is 55.3 Å². The Morgan fingerprint density at radius 2 is 1.20 bits per heavy atom. The number of nitrogens with zero attached hydrogens (tertiary/aromatic N) is 1. The van der Waals surface area contributed by atoms with Crippen LogP contribution in [0.15, 0.2) is 91.0 Å². The van der Waals surface area contributed by atoms with Gasteiger partial charge in [0.05, 0.1) is 6.04 Å². The molecule has 2 saturated heterocycles. The molecule has 0 aromatic heterocycles. The van der Waals surface area contributed by atoms with E-state index in [4.69, 9.17) is 0 Å². The number of hydrogen-bond donors (Lipinski definition) is 1. The summed E-state index contributed by atoms with van der Waals surface area (Å²) in [6, 6.07) is 32.3. The Morgan fingerprint density at radius 1 is 0.733 bits per heavy atom. The third kappa shape index (κ3) is 3.19. The average Bonchev–Trinajstić information content (AvgIpc) is 2.85. The smallest absolute Gasteiger partial charge is 0.130 e. The molecule has 0 radical (unpaired) electrons. The molecule has 154 valence electrons. The van der Waals surface area contributed by atoms with Crippen LogP contribution in [0.2, 0.25) is 0 Å². The molecule has 2 unspecified atom stereocenters. The zero-order chi connectivity index (χ0) is 20.6. The van der Waals surface area contributed by atoms with Crippen LogP contribution in [0.3, 0.4) is 0 Å². The van der Waals surface area contributed by atoms with Crippen molar-refractivity contribution in [1.29, 1.82) is 0 Å². The van der Waals surface area contributed by atoms with Gasteiger partial charge in [0.2, 0.25) is 0 Å². The average molecular weight is 398 g/mol. The molecule has 0 amide bonds. The Kier molecular flexibility index (Phi) is 5.22. The summed E-state index contributed by atoms with van der Waals surface area (Å²) in [4.78, 5) is 2.66. The second kappa shape index (κ2) is 8.02. The van der Waals surface area contributed by atoms with E-state index in [1.54, 1.807) is 0 Å². The third-order valence-corrected chi connectivity index (χ3v) is 7.52. The highest BCUT2D eigenvalue weighted by Gasteiger charge is 2.54. The third-order valence-electron chi connectivity index (χ3n) is 7.52. The zero-order valence-electron chi connectivity index (χ0n) is 17.7. The second-order valence-electron chi connectivity index (χ2n) is 9.05. The van der Waals surface area contributed by atoms with E-state index in [1.807, 2.05) is 12.1 Å². The topological polar surface area (TPSA) is 23.5 Å². The van der Waals surface area contributed by atoms with E-state index in [1.165, 1.54) is 31.2 Å². The molecule has 2 atom stereocenters. The molecule has 6 rings (SSSR count). The van der Waals surface area contributed by atoms with Crippen LogP contribution in [0.4, 0.5) is 0 Å². The van der Waals surface area contributed by atoms with Gasteiger partial charge >= 0.3 is 0 Å². The van der Waals surface area contributed by atoms with Crippen molar-refractivity contribution >= 4 is 0 Å². The highest BCUT2D eigenvalue weighted by Crippen LogP contribution is 2.51. The van der Waals surface area contributed by atoms with Crippen LogP contribution < -0.4 is 0 Å². The maximum atomic E-state index is 12.6. The van der Waals surface area contributed by atoms with E-state index in [0.29, 0.717) is 12.0 Å². The van der Waals surface area contributed by atoms with Crippen molar-refractivity contribution in [2.24, 2.45) is 5.92 Å². The number of hydrogen-bond acceptors (Lipinski definition) is 2. The van der Waals surface area contributed by atoms with Crippen LogP contribution in [0.5, 0.6) is 0 Å². The Balaban J connectivity index is 1.66. The lowest BCUT2D eigenvalue weighted by Gasteiger charge is -2.59. The molecule has 3 aliphatic rings. The van der Waals surface area contributed by atoms with Gasteiger partial charge in [0.25, 0.3) is 0 Å². The van der Waals surface area contributed by atoms with Crippen molar-refractivity contribution in [3.8, 4) is 0 Å². The van der Waals surface area contributed by atoms with Gasteiger partial charge in [-0.2, -0.15) is 0 Å². The summed E-state index contributed by atoms with van der Waals surface area (Å²) >= 11 is 0. The summed E-state index contributed by atoms with van der Waals surface area (Å²) in [5.41, 5.74) is 2.30. The fraction of sp³-hybridized carbons (Fsp3) is 0.357. The second-order valence-corrected chi connectivity index (χ2v) is 9.05. The van der Waals surface area contributed by atoms with Crippen LogP contribution in [0, 0.1) is 5.92 Å². The molecule has 1 aliphatic carbocycles. The fourth-order valence-electron chi connectivity index (χ4n) is 6.10. The molecule has 2 aliphatic heterocycles. The van der Waals surface area contributed by atoms with Crippen LogP contribution in [-0.4, -0.2) is 22.1 Å². The van der Waals surface area contributed by atoms with Crippen molar-refractivity contribution < 1.29 is 5.11 Å². The first kappa shape index (κ1) is 19.5. The molecular weight excluding hydrogens is 366 g/mol. The summed E-state index contributed by atoms with van der Waals surface area (Å²) in [7, 11) is 0. The predicted molar refractivity (Wildman–Crippen MR) is 122 cm³/mol. The quantitative estimate of drug-likeness (QED) is 0.577. The number of benzene rings is 3. The van der Waals surface area contributed by atoms with Gasteiger partial charge in [-0.15, -0.1) is 0 Å². The van der Waals surface area contributed by atoms with E-state index in [0.717, 1.165) is 11.1 Å². The maximum absolute atomic E-state index is 12.6. The summed E-state index contributed by atoms with van der Waals surface area (Å²) in [5.74, 6) is 0.492. The molecule has 3 aromatic carbocycles. The number of piperidine rings is 2. The summed E-state index contributed by atoms with van der Waals surface area (Å²) in [5, 5.41) is 12.6. The normalized spacial score (nSPS) is 25.2. The summed E-state index contributed by atoms with van der Waals surface area (Å²) < 4.78 is 0. The van der Waals surface area contributed by atoms with Crippen LogP contribution in [0.25, 0.3) is 0 Å². The lowest BCUT2D eigenvalue weighted by atomic mass is 9.64. The van der Waals surface area contributed by atoms with E-state index in [2.05, 4.69) is 90.7 Å². The van der Waals surface area contributed by atoms with Crippen LogP contribution in [-0.2, 0) is 5.60 Å². The first-order chi connectivity index (χ1) is 14.7. The van der Waals surface area contributed by atoms with Crippen molar-refractivity contribution in [3.63, 3.8) is 0 Å². The van der Waals surface area contributed by atoms with Gasteiger partial charge in [-0.05, 0) is 55.2 Å². The first-order valence-corrected chi connectivity index (χ1v) is 11.4. The fourth-order valence-corrected chi connectivity index (χ4v) is 6.10. The molecule has 1 N–H and O–H groups in total. The molecular formula is C28H31NO. The lowest BCUT2D eigenvalue weighted by molar-refractivity contribution is -0.130. The number of fused-ring (bicyclic) bond motifs is 3. The lowest BCUT2D eigenvalue weighted by Crippen LogP contribution is -2.64. The van der Waals surface area contributed by atoms with Crippen molar-refractivity contribution in [1.82, 2.24) is 4.90 Å². The SMILES string of the molecule is CC(c1ccccc1)N1C2CCC(CC2)C1C(O)(c1ccccc1)c1ccccc1. The highest BCUT2D eigenvalue weighted by atomic mass is 16.3. The van der Waals surface area contributed by atoms with Gasteiger partial charge in [0.1, 0.15) is 5.60 Å². The zero-order valence-corrected chi connectivity index (χ0v) is 17.7. The predicted octanol–water partition coefficient (Wildman–Crippen LogP) is 5.93. The van der Waals surface area contributed by atoms with Crippen molar-refractivity contribution in [2.45, 2.75) is 56.3 Å². The summed E-state index contributed by atoms with van der Waals surface area (Å²) in [6.07, 6.45) is 4.88. The van der Waals surface area contributed by atoms with Gasteiger partial charge in [0, 0.05) is 12.1 Å². The monoisotopic (exact) mass is 397 g/mol. The van der Waals surface area contributed by atoms with E-state index < -0.39 is 5.60 Å². The molecule has 3 fully saturated rings. The van der Waals surface area contributed by atoms with Crippen molar-refractivity contribution in [2.75, 3.05) is 0 Å². The minimum absolute atomic E-state index is 0.0602. The Hall–Kier alpha value is -2.42. The van der Waals surface area contributed by atoms with Gasteiger partial charge in [-0.1, -0.05) is 91.0 Å². The molecule has 2 heterocycles. The van der Waals surface area contributed by atoms with Gasteiger partial charge in [-0.25, -0.2) is 0 Å². The Labute approximate surface area is 180 Å². The number of aliphatic hydroxyl groups is 1. The van der Waals surface area contributed by atoms with E-state index in [9.17, 15) is 5.11 Å². The molecule has 1 saturated carbocycles. The van der Waals surface area contributed by atoms with Crippen LogP contribution >= 0.6 is 0 Å². The summed E-state index contributed by atoms with van der Waals surface area (Å²) in [6.45, 7) is 2.32. The first-order valence-electron chi connectivity index (χ1n) is 11.4. The maximum Gasteiger partial charge on any atom is 0.130 e. The highest BCUT2D eigenvalue weighted by molar-refractivity contribution is 5.39. The minimum atomic E-state index is -1.03. The largest absolute Gasteiger partial charge is 0.379 e. The standard InChI is InChI=1S/C28H31NO/c1-21(22-11-5-2-6-12-22)29-26-19-17-23(18-20-26)27(29)28(30,24-13-7-3-8-14-24)25-15-9-4-10-16-25/h2-16,21,23,26-27,30H,17-20H2,1H3. The molecule has 0 spiro atoms. The van der Waals surface area contributed by atoms with Gasteiger partial charge in [-0.3, -0.25) is 4.90 Å². The Morgan fingerprint density at radius 3 is 1.70 bits per heavy atom. The van der Waals surface area contributed by atoms with E-state index >= 15 is 0 Å². The molecule has 3 aromatic rings. The Bertz CT molecular complexity index is 908.